The van der Waals surface area contributed by atoms with Crippen molar-refractivity contribution in [1.29, 1.82) is 0 Å². The first kappa shape index (κ1) is 18.0. The van der Waals surface area contributed by atoms with Crippen LogP contribution in [0.4, 0.5) is 0 Å². The van der Waals surface area contributed by atoms with E-state index in [1.807, 2.05) is 6.08 Å². The smallest absolute Gasteiger partial charge is 0.137 e. The summed E-state index contributed by atoms with van der Waals surface area (Å²) in [6.45, 7) is 23.2. The van der Waals surface area contributed by atoms with Crippen LogP contribution < -0.4 is 0 Å². The van der Waals surface area contributed by atoms with Gasteiger partial charge in [0.05, 0.1) is 0 Å². The number of hydrogen-bond acceptors (Lipinski definition) is 1. The monoisotopic (exact) mass is 312 g/mol. The van der Waals surface area contributed by atoms with Gasteiger partial charge < -0.3 is 0 Å². The first-order valence-corrected chi connectivity index (χ1v) is 8.73. The van der Waals surface area contributed by atoms with Crippen LogP contribution in [0, 0.1) is 34.5 Å². The summed E-state index contributed by atoms with van der Waals surface area (Å²) in [6.07, 6.45) is 8.49. The fourth-order valence-corrected chi connectivity index (χ4v) is 5.40. The van der Waals surface area contributed by atoms with E-state index in [1.54, 1.807) is 6.92 Å². The highest BCUT2D eigenvalue weighted by atomic mass is 16.1. The Kier molecular flexibility index (Phi) is 4.63. The quantitative estimate of drug-likeness (QED) is 0.604. The van der Waals surface area contributed by atoms with E-state index in [2.05, 4.69) is 59.6 Å². The van der Waals surface area contributed by atoms with Gasteiger partial charge in [-0.25, -0.2) is 0 Å². The van der Waals surface area contributed by atoms with Crippen molar-refractivity contribution in [2.45, 2.75) is 47.5 Å². The summed E-state index contributed by atoms with van der Waals surface area (Å²) in [6, 6.07) is 0. The van der Waals surface area contributed by atoms with E-state index >= 15 is 0 Å². The van der Waals surface area contributed by atoms with Crippen LogP contribution in [-0.4, -0.2) is 5.78 Å². The summed E-state index contributed by atoms with van der Waals surface area (Å²) >= 11 is 0. The summed E-state index contributed by atoms with van der Waals surface area (Å²) in [4.78, 5) is 12.2. The van der Waals surface area contributed by atoms with Crippen LogP contribution in [0.5, 0.6) is 0 Å². The molecular weight excluding hydrogens is 280 g/mol. The molecule has 23 heavy (non-hydrogen) atoms. The number of ketones is 1. The SMILES string of the molecule is C=CC1=CC(C(C)=O)C(C)(C)C2CCC(C)(C=C)[C@H](C(=C)C)C12. The second-order valence-electron chi connectivity index (χ2n) is 8.49. The van der Waals surface area contributed by atoms with E-state index < -0.39 is 0 Å². The molecule has 0 radical (unpaired) electrons. The predicted octanol–water partition coefficient (Wildman–Crippen LogP) is 5.75. The maximum atomic E-state index is 12.2. The summed E-state index contributed by atoms with van der Waals surface area (Å²) < 4.78 is 0. The largest absolute Gasteiger partial charge is 0.299 e. The Morgan fingerprint density at radius 1 is 1.26 bits per heavy atom. The molecule has 0 aromatic carbocycles. The van der Waals surface area contributed by atoms with Gasteiger partial charge in [0.25, 0.3) is 0 Å². The molecule has 1 saturated carbocycles. The predicted molar refractivity (Wildman–Crippen MR) is 99.1 cm³/mol. The van der Waals surface area contributed by atoms with Crippen molar-refractivity contribution in [3.05, 3.63) is 49.1 Å². The lowest BCUT2D eigenvalue weighted by molar-refractivity contribution is -0.126. The Labute approximate surface area is 142 Å². The maximum absolute atomic E-state index is 12.2. The molecule has 0 N–H and O–H groups in total. The number of carbonyl (C=O) groups is 1. The first-order chi connectivity index (χ1) is 10.6. The van der Waals surface area contributed by atoms with E-state index in [4.69, 9.17) is 0 Å². The zero-order chi connectivity index (χ0) is 17.6. The maximum Gasteiger partial charge on any atom is 0.137 e. The molecule has 0 aliphatic heterocycles. The first-order valence-electron chi connectivity index (χ1n) is 8.73. The Bertz CT molecular complexity index is 577. The lowest BCUT2D eigenvalue weighted by Crippen LogP contribution is -2.51. The molecule has 0 spiro atoms. The van der Waals surface area contributed by atoms with Crippen molar-refractivity contribution in [2.75, 3.05) is 0 Å². The van der Waals surface area contributed by atoms with E-state index in [0.717, 1.165) is 12.8 Å². The molecule has 2 rings (SSSR count). The van der Waals surface area contributed by atoms with Gasteiger partial charge in [-0.1, -0.05) is 57.7 Å². The Hall–Kier alpha value is -1.37. The van der Waals surface area contributed by atoms with Crippen molar-refractivity contribution in [3.8, 4) is 0 Å². The highest BCUT2D eigenvalue weighted by molar-refractivity contribution is 5.81. The van der Waals surface area contributed by atoms with Crippen molar-refractivity contribution in [3.63, 3.8) is 0 Å². The number of hydrogen-bond donors (Lipinski definition) is 0. The molecule has 0 bridgehead atoms. The van der Waals surface area contributed by atoms with Crippen molar-refractivity contribution in [1.82, 2.24) is 0 Å². The molecular formula is C22H32O. The molecule has 1 fully saturated rings. The van der Waals surface area contributed by atoms with Gasteiger partial charge in [-0.3, -0.25) is 4.79 Å². The summed E-state index contributed by atoms with van der Waals surface area (Å²) in [5.41, 5.74) is 2.48. The van der Waals surface area contributed by atoms with Crippen LogP contribution in [0.2, 0.25) is 0 Å². The van der Waals surface area contributed by atoms with Crippen LogP contribution in [-0.2, 0) is 4.79 Å². The van der Waals surface area contributed by atoms with Gasteiger partial charge in [0.1, 0.15) is 5.78 Å². The molecule has 2 aliphatic rings. The van der Waals surface area contributed by atoms with Gasteiger partial charge >= 0.3 is 0 Å². The number of fused-ring (bicyclic) bond motifs is 1. The van der Waals surface area contributed by atoms with Crippen LogP contribution in [0.15, 0.2) is 49.1 Å². The highest BCUT2D eigenvalue weighted by Crippen LogP contribution is 2.61. The van der Waals surface area contributed by atoms with E-state index in [9.17, 15) is 4.79 Å². The fourth-order valence-electron chi connectivity index (χ4n) is 5.40. The van der Waals surface area contributed by atoms with Crippen molar-refractivity contribution < 1.29 is 4.79 Å². The molecule has 5 atom stereocenters. The van der Waals surface area contributed by atoms with Gasteiger partial charge in [0.15, 0.2) is 0 Å². The van der Waals surface area contributed by atoms with E-state index in [1.165, 1.54) is 11.1 Å². The van der Waals surface area contributed by atoms with E-state index in [-0.39, 0.29) is 22.5 Å². The summed E-state index contributed by atoms with van der Waals surface area (Å²) in [5, 5.41) is 0. The normalized spacial score (nSPS) is 38.9. The minimum atomic E-state index is -0.0286. The van der Waals surface area contributed by atoms with Gasteiger partial charge in [-0.2, -0.15) is 0 Å². The zero-order valence-electron chi connectivity index (χ0n) is 15.5. The number of rotatable bonds is 4. The average Bonchev–Trinajstić information content (AvgIpc) is 2.46. The van der Waals surface area contributed by atoms with Crippen molar-refractivity contribution >= 4 is 5.78 Å². The average molecular weight is 312 g/mol. The summed E-state index contributed by atoms with van der Waals surface area (Å²) in [5.74, 6) is 1.46. The van der Waals surface area contributed by atoms with Gasteiger partial charge in [0, 0.05) is 5.92 Å². The zero-order valence-corrected chi connectivity index (χ0v) is 15.5. The highest BCUT2D eigenvalue weighted by Gasteiger charge is 2.54. The molecule has 0 saturated heterocycles. The van der Waals surface area contributed by atoms with E-state index in [0.29, 0.717) is 17.8 Å². The molecule has 1 nitrogen and oxygen atoms in total. The molecule has 126 valence electrons. The van der Waals surface area contributed by atoms with Crippen LogP contribution in [0.1, 0.15) is 47.5 Å². The minimum absolute atomic E-state index is 0.0180. The van der Waals surface area contributed by atoms with Crippen LogP contribution in [0.3, 0.4) is 0 Å². The third kappa shape index (κ3) is 2.69. The molecule has 0 heterocycles. The fraction of sp³-hybridized carbons (Fsp3) is 0.591. The number of carbonyl (C=O) groups excluding carboxylic acids is 1. The lowest BCUT2D eigenvalue weighted by atomic mass is 9.46. The molecule has 2 aliphatic carbocycles. The van der Waals surface area contributed by atoms with Gasteiger partial charge in [0.2, 0.25) is 0 Å². The Morgan fingerprint density at radius 2 is 1.87 bits per heavy atom. The third-order valence-corrected chi connectivity index (χ3v) is 6.67. The topological polar surface area (TPSA) is 17.1 Å². The number of allylic oxidation sites excluding steroid dienone is 5. The van der Waals surface area contributed by atoms with Gasteiger partial charge in [-0.05, 0) is 60.8 Å². The second-order valence-corrected chi connectivity index (χ2v) is 8.49. The molecule has 0 aromatic heterocycles. The molecule has 0 aromatic rings. The van der Waals surface area contributed by atoms with Crippen LogP contribution >= 0.6 is 0 Å². The second kappa shape index (κ2) is 5.92. The molecule has 0 amide bonds. The standard InChI is InChI=1S/C22H32O/c1-9-16-13-18(15(5)23)21(6,7)17-11-12-22(8,10-2)20(14(3)4)19(16)17/h9-10,13,17-20H,1-3,11-12H2,4-8H3/t17?,18?,19?,20-,22?/m1/s1. The lowest BCUT2D eigenvalue weighted by Gasteiger charge is -2.57. The Morgan fingerprint density at radius 3 is 2.30 bits per heavy atom. The van der Waals surface area contributed by atoms with Crippen LogP contribution in [0.25, 0.3) is 0 Å². The third-order valence-electron chi connectivity index (χ3n) is 6.67. The summed E-state index contributed by atoms with van der Waals surface area (Å²) in [7, 11) is 0. The Balaban J connectivity index is 2.65. The van der Waals surface area contributed by atoms with Gasteiger partial charge in [-0.15, -0.1) is 6.58 Å². The molecule has 4 unspecified atom stereocenters. The minimum Gasteiger partial charge on any atom is -0.299 e. The van der Waals surface area contributed by atoms with Crippen molar-refractivity contribution in [2.24, 2.45) is 34.5 Å². The number of Topliss-reactive ketones (excluding diaryl/α,β-unsaturated/α-hetero) is 1. The molecule has 1 heteroatoms.